The second-order valence-corrected chi connectivity index (χ2v) is 6.71. The Kier molecular flexibility index (Phi) is 4.70. The van der Waals surface area contributed by atoms with Gasteiger partial charge in [-0.15, -0.1) is 0 Å². The van der Waals surface area contributed by atoms with Crippen LogP contribution in [0.4, 0.5) is 22.0 Å². The van der Waals surface area contributed by atoms with Crippen molar-refractivity contribution in [2.75, 3.05) is 0 Å². The molecule has 0 aliphatic rings. The minimum absolute atomic E-state index is 0.130. The van der Waals surface area contributed by atoms with Gasteiger partial charge in [0.1, 0.15) is 0 Å². The number of hydrogen-bond donors (Lipinski definition) is 2. The third-order valence-electron chi connectivity index (χ3n) is 5.02. The number of carbonyl (C=O) groups is 1. The van der Waals surface area contributed by atoms with Gasteiger partial charge in [0, 0.05) is 27.4 Å². The molecule has 0 aliphatic heterocycles. The third-order valence-corrected chi connectivity index (χ3v) is 5.02. The highest BCUT2D eigenvalue weighted by atomic mass is 19.2. The second-order valence-electron chi connectivity index (χ2n) is 6.71. The molecule has 0 bridgehead atoms. The maximum absolute atomic E-state index is 14.3. The number of aromatic nitrogens is 1. The molecular weight excluding hydrogens is 407 g/mol. The summed E-state index contributed by atoms with van der Waals surface area (Å²) in [6.07, 6.45) is 0. The maximum Gasteiger partial charge on any atom is 0.249 e. The van der Waals surface area contributed by atoms with Crippen molar-refractivity contribution < 1.29 is 31.9 Å². The van der Waals surface area contributed by atoms with Gasteiger partial charge in [0.15, 0.2) is 23.3 Å². The number of hydrogen-bond acceptors (Lipinski definition) is 2. The standard InChI is InChI=1S/C21H13F5N2O2/c22-16-12(17(23)19(25)20(26)18(16)24)7-28-13-3-1-2-11(21(27)30)15(13)10-5-4-9(8-29)6-14(10)28/h1-6,29H,7-8H2,(H2,27,30). The fraction of sp³-hybridized carbons (Fsp3) is 0.0952. The molecule has 0 radical (unpaired) electrons. The van der Waals surface area contributed by atoms with Crippen molar-refractivity contribution in [3.63, 3.8) is 0 Å². The Labute approximate surface area is 165 Å². The molecule has 1 amide bonds. The summed E-state index contributed by atoms with van der Waals surface area (Å²) in [4.78, 5) is 11.9. The topological polar surface area (TPSA) is 68.2 Å². The van der Waals surface area contributed by atoms with E-state index in [-0.39, 0.29) is 12.2 Å². The van der Waals surface area contributed by atoms with E-state index in [0.717, 1.165) is 0 Å². The molecule has 4 rings (SSSR count). The van der Waals surface area contributed by atoms with Gasteiger partial charge in [-0.1, -0.05) is 18.2 Å². The van der Waals surface area contributed by atoms with Crippen LogP contribution in [0.1, 0.15) is 21.5 Å². The smallest absolute Gasteiger partial charge is 0.249 e. The van der Waals surface area contributed by atoms with Crippen molar-refractivity contribution in [1.29, 1.82) is 0 Å². The van der Waals surface area contributed by atoms with Crippen LogP contribution >= 0.6 is 0 Å². The van der Waals surface area contributed by atoms with Gasteiger partial charge in [-0.2, -0.15) is 0 Å². The SMILES string of the molecule is NC(=O)c1cccc2c1c1ccc(CO)cc1n2Cc1c(F)c(F)c(F)c(F)c1F. The van der Waals surface area contributed by atoms with Crippen LogP contribution in [-0.4, -0.2) is 15.6 Å². The predicted octanol–water partition coefficient (Wildman–Crippen LogP) is 4.13. The number of rotatable bonds is 4. The van der Waals surface area contributed by atoms with Crippen LogP contribution in [0.3, 0.4) is 0 Å². The molecule has 1 heterocycles. The Morgan fingerprint density at radius 1 is 0.900 bits per heavy atom. The van der Waals surface area contributed by atoms with Gasteiger partial charge in [0.25, 0.3) is 0 Å². The fourth-order valence-corrected chi connectivity index (χ4v) is 3.61. The van der Waals surface area contributed by atoms with E-state index in [4.69, 9.17) is 5.73 Å². The number of aliphatic hydroxyl groups excluding tert-OH is 1. The van der Waals surface area contributed by atoms with E-state index >= 15 is 0 Å². The minimum Gasteiger partial charge on any atom is -0.392 e. The highest BCUT2D eigenvalue weighted by molar-refractivity contribution is 6.17. The first-order valence-electron chi connectivity index (χ1n) is 8.71. The van der Waals surface area contributed by atoms with Gasteiger partial charge in [0.05, 0.1) is 18.7 Å². The number of primary amides is 1. The number of nitrogens with two attached hydrogens (primary N) is 1. The Morgan fingerprint density at radius 2 is 1.53 bits per heavy atom. The predicted molar refractivity (Wildman–Crippen MR) is 99.2 cm³/mol. The Hall–Kier alpha value is -3.46. The average Bonchev–Trinajstić information content (AvgIpc) is 3.06. The van der Waals surface area contributed by atoms with Gasteiger partial charge < -0.3 is 15.4 Å². The Balaban J connectivity index is 2.09. The first-order valence-corrected chi connectivity index (χ1v) is 8.71. The van der Waals surface area contributed by atoms with Gasteiger partial charge in [-0.25, -0.2) is 22.0 Å². The summed E-state index contributed by atoms with van der Waals surface area (Å²) < 4.78 is 70.7. The molecule has 1 aromatic heterocycles. The van der Waals surface area contributed by atoms with Crippen molar-refractivity contribution in [2.45, 2.75) is 13.2 Å². The lowest BCUT2D eigenvalue weighted by Gasteiger charge is -2.12. The minimum atomic E-state index is -2.24. The van der Waals surface area contributed by atoms with E-state index in [0.29, 0.717) is 27.4 Å². The molecular formula is C21H13F5N2O2. The molecule has 0 saturated carbocycles. The first kappa shape index (κ1) is 19.8. The number of carbonyl (C=O) groups excluding carboxylic acids is 1. The molecule has 4 aromatic rings. The summed E-state index contributed by atoms with van der Waals surface area (Å²) >= 11 is 0. The maximum atomic E-state index is 14.3. The molecule has 0 spiro atoms. The molecule has 9 heteroatoms. The van der Waals surface area contributed by atoms with E-state index in [9.17, 15) is 31.9 Å². The molecule has 154 valence electrons. The van der Waals surface area contributed by atoms with E-state index in [1.54, 1.807) is 12.1 Å². The van der Waals surface area contributed by atoms with Gasteiger partial charge in [0.2, 0.25) is 11.7 Å². The number of aliphatic hydroxyl groups is 1. The number of benzene rings is 3. The van der Waals surface area contributed by atoms with Gasteiger partial charge in [-0.05, 0) is 23.8 Å². The van der Waals surface area contributed by atoms with Crippen molar-refractivity contribution in [2.24, 2.45) is 5.73 Å². The van der Waals surface area contributed by atoms with E-state index < -0.39 is 47.1 Å². The van der Waals surface area contributed by atoms with Crippen molar-refractivity contribution in [3.8, 4) is 0 Å². The van der Waals surface area contributed by atoms with Crippen molar-refractivity contribution in [1.82, 2.24) is 4.57 Å². The zero-order valence-corrected chi connectivity index (χ0v) is 15.1. The van der Waals surface area contributed by atoms with Crippen molar-refractivity contribution in [3.05, 3.63) is 82.2 Å². The Morgan fingerprint density at radius 3 is 2.13 bits per heavy atom. The third kappa shape index (κ3) is 2.81. The lowest BCUT2D eigenvalue weighted by atomic mass is 10.0. The Bertz CT molecular complexity index is 1320. The summed E-state index contributed by atoms with van der Waals surface area (Å²) in [6.45, 7) is -1.05. The number of fused-ring (bicyclic) bond motifs is 3. The zero-order valence-electron chi connectivity index (χ0n) is 15.1. The van der Waals surface area contributed by atoms with Crippen LogP contribution in [0.2, 0.25) is 0 Å². The average molecular weight is 420 g/mol. The highest BCUT2D eigenvalue weighted by Crippen LogP contribution is 2.34. The molecule has 0 atom stereocenters. The molecule has 3 aromatic carbocycles. The number of nitrogens with zero attached hydrogens (tertiary/aromatic N) is 1. The molecule has 0 fully saturated rings. The van der Waals surface area contributed by atoms with E-state index in [1.807, 2.05) is 0 Å². The van der Waals surface area contributed by atoms with Gasteiger partial charge in [-0.3, -0.25) is 4.79 Å². The van der Waals surface area contributed by atoms with E-state index in [2.05, 4.69) is 0 Å². The zero-order chi connectivity index (χ0) is 21.7. The number of halogens is 5. The van der Waals surface area contributed by atoms with Crippen LogP contribution in [0.5, 0.6) is 0 Å². The monoisotopic (exact) mass is 420 g/mol. The second kappa shape index (κ2) is 7.10. The lowest BCUT2D eigenvalue weighted by Crippen LogP contribution is -2.12. The largest absolute Gasteiger partial charge is 0.392 e. The lowest BCUT2D eigenvalue weighted by molar-refractivity contribution is 0.100. The molecule has 0 saturated heterocycles. The molecule has 0 aliphatic carbocycles. The fourth-order valence-electron chi connectivity index (χ4n) is 3.61. The van der Waals surface area contributed by atoms with E-state index in [1.165, 1.54) is 28.8 Å². The molecule has 30 heavy (non-hydrogen) atoms. The summed E-state index contributed by atoms with van der Waals surface area (Å²) in [7, 11) is 0. The highest BCUT2D eigenvalue weighted by Gasteiger charge is 2.27. The van der Waals surface area contributed by atoms with Crippen LogP contribution in [0, 0.1) is 29.1 Å². The van der Waals surface area contributed by atoms with Crippen LogP contribution in [-0.2, 0) is 13.2 Å². The molecule has 4 nitrogen and oxygen atoms in total. The molecule has 3 N–H and O–H groups in total. The van der Waals surface area contributed by atoms with Crippen LogP contribution in [0.15, 0.2) is 36.4 Å². The first-order chi connectivity index (χ1) is 14.3. The summed E-state index contributed by atoms with van der Waals surface area (Å²) in [5, 5.41) is 10.3. The normalized spacial score (nSPS) is 11.5. The summed E-state index contributed by atoms with van der Waals surface area (Å²) in [5.74, 6) is -11.0. The van der Waals surface area contributed by atoms with Crippen LogP contribution < -0.4 is 5.73 Å². The quantitative estimate of drug-likeness (QED) is 0.296. The van der Waals surface area contributed by atoms with Crippen molar-refractivity contribution >= 4 is 27.7 Å². The van der Waals surface area contributed by atoms with Gasteiger partial charge >= 0.3 is 0 Å². The summed E-state index contributed by atoms with van der Waals surface area (Å²) in [6, 6.07) is 9.17. The molecule has 0 unspecified atom stereocenters. The van der Waals surface area contributed by atoms with Crippen LogP contribution in [0.25, 0.3) is 21.8 Å². The number of amides is 1. The summed E-state index contributed by atoms with van der Waals surface area (Å²) in [5.41, 5.74) is 5.63.